The van der Waals surface area contributed by atoms with Crippen molar-refractivity contribution in [1.29, 1.82) is 0 Å². The lowest BCUT2D eigenvalue weighted by Crippen LogP contribution is -2.17. The van der Waals surface area contributed by atoms with E-state index in [0.717, 1.165) is 38.1 Å². The van der Waals surface area contributed by atoms with E-state index in [1.807, 2.05) is 0 Å². The average molecular weight is 231 g/mol. The standard InChI is InChI=1S/C10H12F3N3/c11-10(12,13)7-5-14-9(15-6-7)16-8-3-1-2-4-8/h5-6,8H,1-4H2,(H,14,15,16). The molecule has 1 N–H and O–H groups in total. The predicted molar refractivity (Wildman–Crippen MR) is 52.9 cm³/mol. The molecule has 0 atom stereocenters. The van der Waals surface area contributed by atoms with Gasteiger partial charge in [-0.2, -0.15) is 13.2 Å². The molecule has 0 spiro atoms. The van der Waals surface area contributed by atoms with Crippen molar-refractivity contribution in [3.63, 3.8) is 0 Å². The number of nitrogens with one attached hydrogen (secondary N) is 1. The minimum absolute atomic E-state index is 0.278. The quantitative estimate of drug-likeness (QED) is 0.850. The van der Waals surface area contributed by atoms with Gasteiger partial charge in [0.05, 0.1) is 5.56 Å². The van der Waals surface area contributed by atoms with Gasteiger partial charge in [-0.1, -0.05) is 12.8 Å². The summed E-state index contributed by atoms with van der Waals surface area (Å²) in [6.45, 7) is 0. The van der Waals surface area contributed by atoms with Crippen molar-refractivity contribution >= 4 is 5.95 Å². The fourth-order valence-corrected chi connectivity index (χ4v) is 1.80. The van der Waals surface area contributed by atoms with Crippen LogP contribution in [0.3, 0.4) is 0 Å². The minimum Gasteiger partial charge on any atom is -0.351 e. The molecule has 1 fully saturated rings. The van der Waals surface area contributed by atoms with Crippen LogP contribution in [0.1, 0.15) is 31.2 Å². The highest BCUT2D eigenvalue weighted by molar-refractivity contribution is 5.27. The lowest BCUT2D eigenvalue weighted by Gasteiger charge is -2.12. The van der Waals surface area contributed by atoms with Crippen LogP contribution in [-0.4, -0.2) is 16.0 Å². The highest BCUT2D eigenvalue weighted by Crippen LogP contribution is 2.28. The van der Waals surface area contributed by atoms with E-state index in [0.29, 0.717) is 6.04 Å². The van der Waals surface area contributed by atoms with Gasteiger partial charge < -0.3 is 5.32 Å². The van der Waals surface area contributed by atoms with E-state index in [1.54, 1.807) is 0 Å². The highest BCUT2D eigenvalue weighted by atomic mass is 19.4. The third kappa shape index (κ3) is 2.62. The Morgan fingerprint density at radius 1 is 1.12 bits per heavy atom. The third-order valence-corrected chi connectivity index (χ3v) is 2.67. The van der Waals surface area contributed by atoms with Gasteiger partial charge in [-0.25, -0.2) is 9.97 Å². The van der Waals surface area contributed by atoms with Gasteiger partial charge in [0.15, 0.2) is 0 Å². The van der Waals surface area contributed by atoms with Gasteiger partial charge in [-0.05, 0) is 12.8 Å². The fourth-order valence-electron chi connectivity index (χ4n) is 1.80. The number of halogens is 3. The van der Waals surface area contributed by atoms with Gasteiger partial charge in [0.2, 0.25) is 5.95 Å². The van der Waals surface area contributed by atoms with Crippen LogP contribution in [-0.2, 0) is 6.18 Å². The van der Waals surface area contributed by atoms with Crippen molar-refractivity contribution in [1.82, 2.24) is 9.97 Å². The van der Waals surface area contributed by atoms with Crippen LogP contribution in [0.4, 0.5) is 19.1 Å². The number of nitrogens with zero attached hydrogens (tertiary/aromatic N) is 2. The van der Waals surface area contributed by atoms with Crippen LogP contribution >= 0.6 is 0 Å². The van der Waals surface area contributed by atoms with Crippen molar-refractivity contribution in [2.75, 3.05) is 5.32 Å². The van der Waals surface area contributed by atoms with Gasteiger partial charge >= 0.3 is 6.18 Å². The van der Waals surface area contributed by atoms with Gasteiger partial charge in [-0.3, -0.25) is 0 Å². The first kappa shape index (κ1) is 11.2. The highest BCUT2D eigenvalue weighted by Gasteiger charge is 2.31. The molecule has 0 bridgehead atoms. The smallest absolute Gasteiger partial charge is 0.351 e. The van der Waals surface area contributed by atoms with Crippen molar-refractivity contribution in [2.45, 2.75) is 37.9 Å². The molecule has 0 aliphatic heterocycles. The molecule has 1 aromatic rings. The van der Waals surface area contributed by atoms with Crippen LogP contribution in [0, 0.1) is 0 Å². The Morgan fingerprint density at radius 2 is 1.69 bits per heavy atom. The van der Waals surface area contributed by atoms with Gasteiger partial charge in [0.25, 0.3) is 0 Å². The molecule has 6 heteroatoms. The maximum Gasteiger partial charge on any atom is 0.419 e. The Hall–Kier alpha value is -1.33. The number of alkyl halides is 3. The van der Waals surface area contributed by atoms with Crippen LogP contribution in [0.15, 0.2) is 12.4 Å². The summed E-state index contributed by atoms with van der Waals surface area (Å²) < 4.78 is 36.7. The summed E-state index contributed by atoms with van der Waals surface area (Å²) in [6.07, 6.45) is 1.62. The molecule has 1 heterocycles. The number of aromatic nitrogens is 2. The second-order valence-electron chi connectivity index (χ2n) is 3.92. The van der Waals surface area contributed by atoms with Gasteiger partial charge in [0, 0.05) is 18.4 Å². The monoisotopic (exact) mass is 231 g/mol. The number of anilines is 1. The predicted octanol–water partition coefficient (Wildman–Crippen LogP) is 2.85. The van der Waals surface area contributed by atoms with E-state index >= 15 is 0 Å². The first-order valence-electron chi connectivity index (χ1n) is 5.21. The Labute approximate surface area is 91.1 Å². The molecule has 0 unspecified atom stereocenters. The zero-order valence-corrected chi connectivity index (χ0v) is 8.59. The van der Waals surface area contributed by atoms with Crippen molar-refractivity contribution < 1.29 is 13.2 Å². The molecule has 88 valence electrons. The summed E-state index contributed by atoms with van der Waals surface area (Å²) in [7, 11) is 0. The molecular formula is C10H12F3N3. The molecule has 16 heavy (non-hydrogen) atoms. The molecule has 1 aromatic heterocycles. The summed E-state index contributed by atoms with van der Waals surface area (Å²) in [6, 6.07) is 0.303. The molecule has 1 aliphatic rings. The first-order chi connectivity index (χ1) is 7.55. The normalized spacial score (nSPS) is 17.7. The maximum atomic E-state index is 12.2. The number of hydrogen-bond acceptors (Lipinski definition) is 3. The SMILES string of the molecule is FC(F)(F)c1cnc(NC2CCCC2)nc1. The van der Waals surface area contributed by atoms with E-state index < -0.39 is 11.7 Å². The summed E-state index contributed by atoms with van der Waals surface area (Å²) in [5.74, 6) is 0.278. The fraction of sp³-hybridized carbons (Fsp3) is 0.600. The topological polar surface area (TPSA) is 37.8 Å². The molecule has 1 aliphatic carbocycles. The lowest BCUT2D eigenvalue weighted by atomic mass is 10.2. The van der Waals surface area contributed by atoms with E-state index in [4.69, 9.17) is 0 Å². The Morgan fingerprint density at radius 3 is 2.19 bits per heavy atom. The van der Waals surface area contributed by atoms with E-state index in [1.165, 1.54) is 0 Å². The molecule has 2 rings (SSSR count). The largest absolute Gasteiger partial charge is 0.419 e. The third-order valence-electron chi connectivity index (χ3n) is 2.67. The molecule has 0 radical (unpaired) electrons. The lowest BCUT2D eigenvalue weighted by molar-refractivity contribution is -0.138. The van der Waals surface area contributed by atoms with Crippen LogP contribution in [0.5, 0.6) is 0 Å². The Bertz CT molecular complexity index is 341. The number of rotatable bonds is 2. The van der Waals surface area contributed by atoms with E-state index in [9.17, 15) is 13.2 Å². The zero-order chi connectivity index (χ0) is 11.6. The van der Waals surface area contributed by atoms with E-state index in [-0.39, 0.29) is 5.95 Å². The zero-order valence-electron chi connectivity index (χ0n) is 8.59. The van der Waals surface area contributed by atoms with Crippen molar-refractivity contribution in [3.8, 4) is 0 Å². The molecule has 0 saturated heterocycles. The minimum atomic E-state index is -4.37. The molecule has 0 aromatic carbocycles. The van der Waals surface area contributed by atoms with Crippen LogP contribution < -0.4 is 5.32 Å². The first-order valence-corrected chi connectivity index (χ1v) is 5.21. The maximum absolute atomic E-state index is 12.2. The molecule has 1 saturated carbocycles. The molecule has 3 nitrogen and oxygen atoms in total. The van der Waals surface area contributed by atoms with Gasteiger partial charge in [0.1, 0.15) is 0 Å². The summed E-state index contributed by atoms with van der Waals surface area (Å²) in [5.41, 5.74) is -0.815. The van der Waals surface area contributed by atoms with Crippen molar-refractivity contribution in [2.24, 2.45) is 0 Å². The Balaban J connectivity index is 2.01. The number of hydrogen-bond donors (Lipinski definition) is 1. The average Bonchev–Trinajstić information content (AvgIpc) is 2.70. The van der Waals surface area contributed by atoms with Crippen LogP contribution in [0.2, 0.25) is 0 Å². The second kappa shape index (κ2) is 4.27. The van der Waals surface area contributed by atoms with E-state index in [2.05, 4.69) is 15.3 Å². The van der Waals surface area contributed by atoms with Crippen molar-refractivity contribution in [3.05, 3.63) is 18.0 Å². The summed E-state index contributed by atoms with van der Waals surface area (Å²) in [4.78, 5) is 7.33. The second-order valence-corrected chi connectivity index (χ2v) is 3.92. The summed E-state index contributed by atoms with van der Waals surface area (Å²) >= 11 is 0. The summed E-state index contributed by atoms with van der Waals surface area (Å²) in [5, 5.41) is 3.03. The Kier molecular flexibility index (Phi) is 2.98. The molecule has 0 amide bonds. The molecular weight excluding hydrogens is 219 g/mol. The van der Waals surface area contributed by atoms with Gasteiger partial charge in [-0.15, -0.1) is 0 Å². The van der Waals surface area contributed by atoms with Crippen LogP contribution in [0.25, 0.3) is 0 Å².